The van der Waals surface area contributed by atoms with Gasteiger partial charge in [0, 0.05) is 33.0 Å². The standard InChI is InChI=1S/C56H36F3N6P/c1-35(38-15-7-4-8-16-38)27-53(66-3)62-36(2)47-30-43(56(57,58)59)31-48(55-63-49(39-17-9-5-10-18-39)32-50(64-55)40-19-11-6-12-20-40)54(47)65-51-22-14-13-21-45(51)46-26-24-41(29-52(46)65)44-25-23-37(33-60)28-42(44)34-61/h4-32H,2-3H2,1H3/b35-27+,62-53?. The number of allylic oxidation sites excluding steroid dienone is 2. The van der Waals surface area contributed by atoms with Crippen molar-refractivity contribution < 1.29 is 13.2 Å². The first kappa shape index (κ1) is 42.8. The van der Waals surface area contributed by atoms with E-state index in [1.54, 1.807) is 12.1 Å². The third kappa shape index (κ3) is 8.35. The van der Waals surface area contributed by atoms with Crippen LogP contribution in [0.5, 0.6) is 0 Å². The SMILES string of the molecule is C=PC(/C=C(\C)c1ccccc1)=NC(=C)c1cc(C(F)(F)F)cc(-c2nc(-c3ccccc3)cc(-c3ccccc3)n2)c1-n1c2ccccc2c2ccc(-c3ccc(C#N)cc3C#N)cc21. The summed E-state index contributed by atoms with van der Waals surface area (Å²) in [5.74, 6) is 0.0469. The number of nitrogens with zero attached hydrogens (tertiary/aromatic N) is 6. The summed E-state index contributed by atoms with van der Waals surface area (Å²) in [5, 5.41) is 21.5. The Bertz CT molecular complexity index is 3470. The van der Waals surface area contributed by atoms with E-state index in [1.165, 1.54) is 6.07 Å². The first-order valence-corrected chi connectivity index (χ1v) is 21.8. The number of hydrogen-bond donors (Lipinski definition) is 0. The molecule has 0 aliphatic heterocycles. The largest absolute Gasteiger partial charge is 0.416 e. The van der Waals surface area contributed by atoms with Crippen LogP contribution in [0.2, 0.25) is 0 Å². The number of aromatic nitrogens is 3. The molecule has 0 aliphatic carbocycles. The number of halogens is 3. The van der Waals surface area contributed by atoms with E-state index < -0.39 is 11.7 Å². The molecule has 0 N–H and O–H groups in total. The highest BCUT2D eigenvalue weighted by Gasteiger charge is 2.34. The predicted molar refractivity (Wildman–Crippen MR) is 263 cm³/mol. The molecule has 0 aliphatic rings. The van der Waals surface area contributed by atoms with Gasteiger partial charge in [-0.25, -0.2) is 15.0 Å². The summed E-state index contributed by atoms with van der Waals surface area (Å²) in [7, 11) is 0.514. The molecule has 0 bridgehead atoms. The van der Waals surface area contributed by atoms with Crippen molar-refractivity contribution in [3.63, 3.8) is 0 Å². The quantitative estimate of drug-likeness (QED) is 0.101. The second-order valence-corrected chi connectivity index (χ2v) is 16.2. The number of hydrogen-bond acceptors (Lipinski definition) is 5. The minimum atomic E-state index is -4.81. The van der Waals surface area contributed by atoms with Crippen LogP contribution in [-0.2, 0) is 6.18 Å². The van der Waals surface area contributed by atoms with Crippen molar-refractivity contribution in [3.8, 4) is 62.9 Å². The summed E-state index contributed by atoms with van der Waals surface area (Å²) in [6, 6.07) is 55.3. The summed E-state index contributed by atoms with van der Waals surface area (Å²) in [4.78, 5) is 15.1. The second-order valence-electron chi connectivity index (χ2n) is 15.4. The normalized spacial score (nSPS) is 12.0. The molecule has 2 aromatic heterocycles. The van der Waals surface area contributed by atoms with E-state index in [0.29, 0.717) is 64.0 Å². The van der Waals surface area contributed by atoms with Crippen LogP contribution in [0.3, 0.4) is 0 Å². The van der Waals surface area contributed by atoms with E-state index in [9.17, 15) is 10.5 Å². The summed E-state index contributed by atoms with van der Waals surface area (Å²) in [6.07, 6.45) is 1.16. The molecule has 10 heteroatoms. The first-order valence-electron chi connectivity index (χ1n) is 20.8. The zero-order valence-electron chi connectivity index (χ0n) is 35.4. The molecule has 316 valence electrons. The molecule has 7 aromatic carbocycles. The van der Waals surface area contributed by atoms with Gasteiger partial charge in [-0.3, -0.25) is 0 Å². The molecule has 0 spiro atoms. The lowest BCUT2D eigenvalue weighted by atomic mass is 9.96. The zero-order chi connectivity index (χ0) is 46.0. The Morgan fingerprint density at radius 3 is 1.91 bits per heavy atom. The molecule has 0 saturated heterocycles. The van der Waals surface area contributed by atoms with E-state index in [2.05, 4.69) is 25.0 Å². The first-order chi connectivity index (χ1) is 32.0. The van der Waals surface area contributed by atoms with Crippen LogP contribution in [0.25, 0.3) is 83.8 Å². The number of aliphatic imine (C=N–C) groups is 1. The monoisotopic (exact) mass is 880 g/mol. The van der Waals surface area contributed by atoms with Gasteiger partial charge in [-0.1, -0.05) is 148 Å². The van der Waals surface area contributed by atoms with E-state index in [-0.39, 0.29) is 22.6 Å². The molecule has 0 saturated carbocycles. The third-order valence-corrected chi connectivity index (χ3v) is 11.9. The number of para-hydroxylation sites is 1. The molecule has 0 unspecified atom stereocenters. The summed E-state index contributed by atoms with van der Waals surface area (Å²) in [6.45, 7) is 6.32. The summed E-state index contributed by atoms with van der Waals surface area (Å²) in [5.41, 5.74) is 7.63. The van der Waals surface area contributed by atoms with Gasteiger partial charge in [0.25, 0.3) is 0 Å². The number of alkyl halides is 3. The van der Waals surface area contributed by atoms with Crippen LogP contribution in [0.4, 0.5) is 13.2 Å². The lowest BCUT2D eigenvalue weighted by Crippen LogP contribution is -2.11. The fourth-order valence-electron chi connectivity index (χ4n) is 8.14. The predicted octanol–water partition coefficient (Wildman–Crippen LogP) is 14.9. The Morgan fingerprint density at radius 1 is 0.667 bits per heavy atom. The van der Waals surface area contributed by atoms with Gasteiger partial charge in [0.05, 0.1) is 68.1 Å². The molecular weight excluding hydrogens is 845 g/mol. The van der Waals surface area contributed by atoms with E-state index in [1.807, 2.05) is 157 Å². The fraction of sp³-hybridized carbons (Fsp3) is 0.0357. The number of rotatable bonds is 10. The molecular formula is C56H36F3N6P. The zero-order valence-corrected chi connectivity index (χ0v) is 36.3. The Hall–Kier alpha value is -8.49. The van der Waals surface area contributed by atoms with Gasteiger partial charge in [-0.15, -0.1) is 0 Å². The van der Waals surface area contributed by atoms with E-state index >= 15 is 13.2 Å². The Labute approximate surface area is 381 Å². The van der Waals surface area contributed by atoms with Crippen molar-refractivity contribution in [2.75, 3.05) is 0 Å². The maximum absolute atomic E-state index is 15.5. The molecule has 0 radical (unpaired) electrons. The molecule has 2 heterocycles. The summed E-state index contributed by atoms with van der Waals surface area (Å²) < 4.78 is 48.3. The van der Waals surface area contributed by atoms with Gasteiger partial charge in [0.1, 0.15) is 0 Å². The molecule has 0 atom stereocenters. The molecule has 0 fully saturated rings. The molecule has 0 amide bonds. The van der Waals surface area contributed by atoms with Gasteiger partial charge in [0.15, 0.2) is 5.82 Å². The molecule has 9 aromatic rings. The fourth-order valence-corrected chi connectivity index (χ4v) is 8.61. The summed E-state index contributed by atoms with van der Waals surface area (Å²) >= 11 is 0. The second kappa shape index (κ2) is 17.9. The lowest BCUT2D eigenvalue weighted by Gasteiger charge is -2.21. The van der Waals surface area contributed by atoms with Crippen LogP contribution in [0.1, 0.15) is 34.7 Å². The Balaban J connectivity index is 1.42. The van der Waals surface area contributed by atoms with Gasteiger partial charge >= 0.3 is 6.18 Å². The van der Waals surface area contributed by atoms with Crippen LogP contribution in [-0.4, -0.2) is 26.3 Å². The van der Waals surface area contributed by atoms with Gasteiger partial charge in [-0.05, 0) is 77.7 Å². The van der Waals surface area contributed by atoms with Crippen molar-refractivity contribution >= 4 is 53.0 Å². The maximum Gasteiger partial charge on any atom is 0.416 e. The molecule has 66 heavy (non-hydrogen) atoms. The number of benzene rings is 7. The topological polar surface area (TPSA) is 90.7 Å². The smallest absolute Gasteiger partial charge is 0.308 e. The Morgan fingerprint density at radius 2 is 1.29 bits per heavy atom. The van der Waals surface area contributed by atoms with Crippen molar-refractivity contribution in [2.45, 2.75) is 13.1 Å². The molecule has 9 rings (SSSR count). The van der Waals surface area contributed by atoms with Crippen molar-refractivity contribution in [1.82, 2.24) is 14.5 Å². The highest BCUT2D eigenvalue weighted by atomic mass is 31.1. The molecule has 6 nitrogen and oxygen atoms in total. The highest BCUT2D eigenvalue weighted by molar-refractivity contribution is 7.57. The van der Waals surface area contributed by atoms with Gasteiger partial charge in [0.2, 0.25) is 0 Å². The van der Waals surface area contributed by atoms with E-state index in [0.717, 1.165) is 45.2 Å². The van der Waals surface area contributed by atoms with Gasteiger partial charge < -0.3 is 4.57 Å². The lowest BCUT2D eigenvalue weighted by molar-refractivity contribution is -0.137. The average Bonchev–Trinajstić information content (AvgIpc) is 3.69. The Kier molecular flexibility index (Phi) is 11.6. The van der Waals surface area contributed by atoms with Crippen molar-refractivity contribution in [1.29, 1.82) is 10.5 Å². The minimum absolute atomic E-state index is 0.0469. The highest BCUT2D eigenvalue weighted by Crippen LogP contribution is 2.44. The van der Waals surface area contributed by atoms with Crippen molar-refractivity contribution in [2.24, 2.45) is 4.99 Å². The van der Waals surface area contributed by atoms with E-state index in [4.69, 9.17) is 15.0 Å². The average molecular weight is 881 g/mol. The van der Waals surface area contributed by atoms with Gasteiger partial charge in [-0.2, -0.15) is 23.7 Å². The van der Waals surface area contributed by atoms with Crippen molar-refractivity contribution in [3.05, 3.63) is 210 Å². The van der Waals surface area contributed by atoms with Crippen LogP contribution < -0.4 is 0 Å². The third-order valence-electron chi connectivity index (χ3n) is 11.3. The number of fused-ring (bicyclic) bond motifs is 3. The number of nitriles is 2. The van der Waals surface area contributed by atoms with Crippen LogP contribution in [0, 0.1) is 22.7 Å². The van der Waals surface area contributed by atoms with Crippen LogP contribution in [0.15, 0.2) is 188 Å². The van der Waals surface area contributed by atoms with Crippen LogP contribution >= 0.6 is 8.20 Å². The minimum Gasteiger partial charge on any atom is -0.308 e. The maximum atomic E-state index is 15.5.